The van der Waals surface area contributed by atoms with E-state index in [9.17, 15) is 26.4 Å². The van der Waals surface area contributed by atoms with E-state index in [1.54, 1.807) is 12.3 Å². The number of ether oxygens (including phenoxy) is 1. The maximum atomic E-state index is 13.3. The van der Waals surface area contributed by atoms with E-state index in [4.69, 9.17) is 14.7 Å². The Morgan fingerprint density at radius 3 is 2.43 bits per heavy atom. The summed E-state index contributed by atoms with van der Waals surface area (Å²) in [4.78, 5) is 27.8. The van der Waals surface area contributed by atoms with Gasteiger partial charge in [-0.1, -0.05) is 6.07 Å². The molecule has 0 saturated carbocycles. The summed E-state index contributed by atoms with van der Waals surface area (Å²) >= 11 is 0. The van der Waals surface area contributed by atoms with Crippen LogP contribution in [0.5, 0.6) is 0 Å². The predicted octanol–water partition coefficient (Wildman–Crippen LogP) is 4.66. The minimum atomic E-state index is -4.88. The Kier molecular flexibility index (Phi) is 7.90. The van der Waals surface area contributed by atoms with Gasteiger partial charge in [-0.15, -0.1) is 0 Å². The smallest absolute Gasteiger partial charge is 0.372 e. The predicted molar refractivity (Wildman–Crippen MR) is 151 cm³/mol. The molecule has 42 heavy (non-hydrogen) atoms. The van der Waals surface area contributed by atoms with E-state index in [-0.39, 0.29) is 24.3 Å². The second-order valence-electron chi connectivity index (χ2n) is 10.3. The Bertz CT molecular complexity index is 1750. The van der Waals surface area contributed by atoms with Gasteiger partial charge in [0.05, 0.1) is 51.8 Å². The van der Waals surface area contributed by atoms with E-state index < -0.39 is 32.4 Å². The highest BCUT2D eigenvalue weighted by atomic mass is 32.2. The number of pyridine rings is 3. The highest BCUT2D eigenvalue weighted by Crippen LogP contribution is 2.34. The first-order valence-corrected chi connectivity index (χ1v) is 15.0. The van der Waals surface area contributed by atoms with Gasteiger partial charge in [-0.25, -0.2) is 18.4 Å². The van der Waals surface area contributed by atoms with Gasteiger partial charge in [-0.3, -0.25) is 9.78 Å². The van der Waals surface area contributed by atoms with Crippen LogP contribution in [0, 0.1) is 0 Å². The third-order valence-electron chi connectivity index (χ3n) is 6.75. The van der Waals surface area contributed by atoms with Crippen molar-refractivity contribution in [2.45, 2.75) is 43.7 Å². The summed E-state index contributed by atoms with van der Waals surface area (Å²) in [5, 5.41) is 3.35. The summed E-state index contributed by atoms with van der Waals surface area (Å²) in [5.41, 5.74) is 0.860. The second kappa shape index (κ2) is 11.3. The molecule has 1 N–H and O–H groups in total. The summed E-state index contributed by atoms with van der Waals surface area (Å²) in [6, 6.07) is 13.4. The number of rotatable bonds is 6. The van der Waals surface area contributed by atoms with Crippen molar-refractivity contribution in [3.05, 3.63) is 77.6 Å². The number of benzene rings is 1. The number of hydrogen-bond donors (Lipinski definition) is 1. The fourth-order valence-electron chi connectivity index (χ4n) is 4.88. The lowest BCUT2D eigenvalue weighted by Gasteiger charge is -2.36. The molecule has 4 heterocycles. The zero-order valence-electron chi connectivity index (χ0n) is 23.0. The van der Waals surface area contributed by atoms with Crippen molar-refractivity contribution >= 4 is 32.5 Å². The van der Waals surface area contributed by atoms with Crippen LogP contribution < -0.4 is 10.2 Å². The maximum absolute atomic E-state index is 13.3. The molecule has 0 aliphatic carbocycles. The molecule has 0 spiro atoms. The van der Waals surface area contributed by atoms with Crippen molar-refractivity contribution in [1.29, 1.82) is 0 Å². The third kappa shape index (κ3) is 6.52. The quantitative estimate of drug-likeness (QED) is 0.341. The molecule has 9 nitrogen and oxygen atoms in total. The first-order valence-electron chi connectivity index (χ1n) is 13.1. The zero-order chi connectivity index (χ0) is 30.2. The summed E-state index contributed by atoms with van der Waals surface area (Å²) in [5.74, 6) is 0.0850. The minimum absolute atomic E-state index is 0.0585. The van der Waals surface area contributed by atoms with E-state index in [2.05, 4.69) is 15.2 Å². The van der Waals surface area contributed by atoms with Crippen LogP contribution in [0.2, 0.25) is 0 Å². The molecule has 1 aliphatic heterocycles. The van der Waals surface area contributed by atoms with Crippen LogP contribution in [-0.4, -0.2) is 60.8 Å². The number of fused-ring (bicyclic) bond motifs is 1. The van der Waals surface area contributed by atoms with Gasteiger partial charge in [0.2, 0.25) is 0 Å². The fraction of sp³-hybridized carbons (Fsp3) is 0.310. The van der Waals surface area contributed by atoms with Gasteiger partial charge in [0.25, 0.3) is 5.91 Å². The molecule has 4 aromatic rings. The van der Waals surface area contributed by atoms with E-state index in [1.807, 2.05) is 44.2 Å². The summed E-state index contributed by atoms with van der Waals surface area (Å²) in [7, 11) is -4.24. The van der Waals surface area contributed by atoms with Crippen molar-refractivity contribution in [2.75, 3.05) is 24.2 Å². The molecule has 13 heteroatoms. The molecule has 0 radical (unpaired) electrons. The van der Waals surface area contributed by atoms with E-state index in [0.29, 0.717) is 34.9 Å². The normalized spacial score (nSPS) is 17.8. The molecule has 2 atom stereocenters. The van der Waals surface area contributed by atoms with Crippen molar-refractivity contribution < 1.29 is 31.1 Å². The topological polar surface area (TPSA) is 114 Å². The number of amides is 1. The van der Waals surface area contributed by atoms with Crippen molar-refractivity contribution in [3.63, 3.8) is 0 Å². The molecular weight excluding hydrogens is 571 g/mol. The molecule has 1 saturated heterocycles. The van der Waals surface area contributed by atoms with Gasteiger partial charge in [-0.05, 0) is 62.4 Å². The lowest BCUT2D eigenvalue weighted by Crippen LogP contribution is -2.45. The number of nitrogens with one attached hydrogen (secondary N) is 1. The van der Waals surface area contributed by atoms with Crippen LogP contribution in [-0.2, 0) is 27.3 Å². The Hall–Kier alpha value is -4.10. The van der Waals surface area contributed by atoms with E-state index in [1.165, 1.54) is 0 Å². The van der Waals surface area contributed by atoms with Crippen molar-refractivity contribution in [1.82, 2.24) is 20.3 Å². The lowest BCUT2D eigenvalue weighted by molar-refractivity contribution is -0.139. The number of hydrogen-bond acceptors (Lipinski definition) is 8. The summed E-state index contributed by atoms with van der Waals surface area (Å²) < 4.78 is 69.6. The van der Waals surface area contributed by atoms with E-state index in [0.717, 1.165) is 36.4 Å². The van der Waals surface area contributed by atoms with Crippen LogP contribution in [0.25, 0.3) is 22.3 Å². The largest absolute Gasteiger partial charge is 0.417 e. The van der Waals surface area contributed by atoms with Gasteiger partial charge in [-0.2, -0.15) is 13.2 Å². The SMILES string of the molecule is C[C@@H]1CN(c2cccc(-c3ccc4cnc(CNC(=O)c5ccc(C(F)(F)F)c(S(C)(=O)=O)c5)cc4n3)n2)C[C@H](C)O1. The minimum Gasteiger partial charge on any atom is -0.372 e. The van der Waals surface area contributed by atoms with Crippen molar-refractivity contribution in [3.8, 4) is 11.4 Å². The van der Waals surface area contributed by atoms with Gasteiger partial charge in [0, 0.05) is 36.5 Å². The average Bonchev–Trinajstić information content (AvgIpc) is 2.93. The standard InChI is InChI=1S/C29H28F3N5O4S/c1-17-15-37(16-18(2)41-17)27-6-4-5-23(36-27)24-10-8-20-13-33-21(12-25(20)35-24)14-34-28(38)19-7-9-22(29(30,31)32)26(11-19)42(3,39)40/h4-13,17-18H,14-16H2,1-3H3,(H,34,38)/t17-,18+. The van der Waals surface area contributed by atoms with Gasteiger partial charge in [0.1, 0.15) is 5.82 Å². The van der Waals surface area contributed by atoms with Crippen LogP contribution in [0.3, 0.4) is 0 Å². The molecule has 220 valence electrons. The first-order chi connectivity index (χ1) is 19.8. The highest BCUT2D eigenvalue weighted by Gasteiger charge is 2.36. The number of alkyl halides is 3. The number of nitrogens with zero attached hydrogens (tertiary/aromatic N) is 4. The number of halogens is 3. The summed E-state index contributed by atoms with van der Waals surface area (Å²) in [6.45, 7) is 5.46. The molecule has 0 bridgehead atoms. The van der Waals surface area contributed by atoms with E-state index >= 15 is 0 Å². The van der Waals surface area contributed by atoms with Gasteiger partial charge in [0.15, 0.2) is 9.84 Å². The second-order valence-corrected chi connectivity index (χ2v) is 12.3. The number of sulfone groups is 1. The number of anilines is 1. The fourth-order valence-corrected chi connectivity index (χ4v) is 5.81. The van der Waals surface area contributed by atoms with Crippen LogP contribution in [0.15, 0.2) is 65.7 Å². The molecule has 1 fully saturated rings. The third-order valence-corrected chi connectivity index (χ3v) is 7.89. The molecule has 3 aromatic heterocycles. The lowest BCUT2D eigenvalue weighted by atomic mass is 10.1. The van der Waals surface area contributed by atoms with Crippen molar-refractivity contribution in [2.24, 2.45) is 0 Å². The Labute approximate surface area is 240 Å². The molecule has 1 amide bonds. The zero-order valence-corrected chi connectivity index (χ0v) is 23.8. The number of carbonyl (C=O) groups is 1. The average molecular weight is 600 g/mol. The Morgan fingerprint density at radius 1 is 1.02 bits per heavy atom. The monoisotopic (exact) mass is 599 g/mol. The number of aromatic nitrogens is 3. The molecule has 1 aliphatic rings. The highest BCUT2D eigenvalue weighted by molar-refractivity contribution is 7.90. The first kappa shape index (κ1) is 29.4. The van der Waals surface area contributed by atoms with Gasteiger partial charge < -0.3 is 15.0 Å². The van der Waals surface area contributed by atoms with Gasteiger partial charge >= 0.3 is 6.18 Å². The van der Waals surface area contributed by atoms with Crippen LogP contribution in [0.4, 0.5) is 19.0 Å². The van der Waals surface area contributed by atoms with Crippen LogP contribution >= 0.6 is 0 Å². The Balaban J connectivity index is 1.35. The molecule has 1 aromatic carbocycles. The molecule has 0 unspecified atom stereocenters. The molecular formula is C29H28F3N5O4S. The molecule has 5 rings (SSSR count). The summed E-state index contributed by atoms with van der Waals surface area (Å²) in [6.07, 6.45) is -2.44. The number of carbonyl (C=O) groups excluding carboxylic acids is 1. The Morgan fingerprint density at radius 2 is 1.74 bits per heavy atom. The maximum Gasteiger partial charge on any atom is 0.417 e. The number of morpholine rings is 1. The van der Waals surface area contributed by atoms with Crippen LogP contribution in [0.1, 0.15) is 35.5 Å².